The van der Waals surface area contributed by atoms with E-state index in [2.05, 4.69) is 25.3 Å². The molecule has 1 aliphatic carbocycles. The van der Waals surface area contributed by atoms with E-state index in [1.54, 1.807) is 6.33 Å². The molecule has 0 saturated heterocycles. The second kappa shape index (κ2) is 8.84. The molecular formula is C20H24ClN9O2S. The highest BCUT2D eigenvalue weighted by Gasteiger charge is 2.30. The number of nitrogens with two attached hydrogens (primary N) is 2. The highest BCUT2D eigenvalue weighted by atomic mass is 35.5. The number of nitrogens with zero attached hydrogens (tertiary/aromatic N) is 6. The van der Waals surface area contributed by atoms with Crippen LogP contribution in [0.4, 0.5) is 10.9 Å². The lowest BCUT2D eigenvalue weighted by Crippen LogP contribution is -2.37. The van der Waals surface area contributed by atoms with Crippen molar-refractivity contribution in [2.45, 2.75) is 44.7 Å². The van der Waals surface area contributed by atoms with Crippen LogP contribution in [-0.2, 0) is 22.6 Å². The Balaban J connectivity index is 1.20. The van der Waals surface area contributed by atoms with Gasteiger partial charge in [-0.05, 0) is 37.3 Å². The van der Waals surface area contributed by atoms with E-state index in [9.17, 15) is 9.59 Å². The maximum atomic E-state index is 12.9. The number of primary amides is 1. The number of imidazole rings is 1. The molecule has 33 heavy (non-hydrogen) atoms. The number of amides is 2. The topological polar surface area (TPSA) is 158 Å². The van der Waals surface area contributed by atoms with Gasteiger partial charge in [-0.25, -0.2) is 9.97 Å². The molecule has 2 aliphatic rings. The number of carbonyl (C=O) groups excluding carboxylic acids is 2. The molecule has 0 spiro atoms. The van der Waals surface area contributed by atoms with Gasteiger partial charge in [0, 0.05) is 36.3 Å². The predicted octanol–water partition coefficient (Wildman–Crippen LogP) is 1.73. The van der Waals surface area contributed by atoms with Crippen LogP contribution < -0.4 is 16.8 Å². The summed E-state index contributed by atoms with van der Waals surface area (Å²) in [7, 11) is 0. The lowest BCUT2D eigenvalue weighted by Gasteiger charge is -2.28. The molecule has 0 aromatic carbocycles. The first kappa shape index (κ1) is 22.0. The van der Waals surface area contributed by atoms with Crippen molar-refractivity contribution < 1.29 is 9.59 Å². The summed E-state index contributed by atoms with van der Waals surface area (Å²) in [5.74, 6) is -0.152. The molecule has 0 atom stereocenters. The standard InChI is InChI=1S/C20H24ClN9O2S/c21-19-26-16(23)15-17(27-19)30(9-24-15)11-3-1-10(2-4-11)18(32)28-20-25-12-5-6-29(8-14(22)31)7-13(12)33-20/h9-11H,1-8H2,(H2,22,31)(H2,23,26,27)(H,25,28,32)/t10-,11+. The lowest BCUT2D eigenvalue weighted by atomic mass is 9.85. The second-order valence-electron chi connectivity index (χ2n) is 8.51. The first-order valence-corrected chi connectivity index (χ1v) is 12.0. The number of nitrogens with one attached hydrogen (secondary N) is 1. The Kier molecular flexibility index (Phi) is 5.89. The van der Waals surface area contributed by atoms with Gasteiger partial charge in [0.1, 0.15) is 5.52 Å². The van der Waals surface area contributed by atoms with Crippen LogP contribution in [0.2, 0.25) is 5.28 Å². The van der Waals surface area contributed by atoms with E-state index >= 15 is 0 Å². The summed E-state index contributed by atoms with van der Waals surface area (Å²) in [6, 6.07) is 0.174. The zero-order valence-corrected chi connectivity index (χ0v) is 19.4. The largest absolute Gasteiger partial charge is 0.382 e. The van der Waals surface area contributed by atoms with Crippen LogP contribution >= 0.6 is 22.9 Å². The molecule has 3 aromatic heterocycles. The van der Waals surface area contributed by atoms with Crippen molar-refractivity contribution in [1.29, 1.82) is 0 Å². The Morgan fingerprint density at radius 1 is 1.21 bits per heavy atom. The summed E-state index contributed by atoms with van der Waals surface area (Å²) in [4.78, 5) is 44.3. The lowest BCUT2D eigenvalue weighted by molar-refractivity contribution is -0.121. The van der Waals surface area contributed by atoms with Crippen LogP contribution in [0.15, 0.2) is 6.33 Å². The zero-order chi connectivity index (χ0) is 23.1. The molecule has 4 heterocycles. The van der Waals surface area contributed by atoms with Crippen molar-refractivity contribution in [1.82, 2.24) is 29.4 Å². The fourth-order valence-corrected chi connectivity index (χ4v) is 5.88. The number of halogens is 1. The molecule has 0 radical (unpaired) electrons. The fraction of sp³-hybridized carbons (Fsp3) is 0.500. The molecule has 3 aromatic rings. The third-order valence-electron chi connectivity index (χ3n) is 6.30. The van der Waals surface area contributed by atoms with Gasteiger partial charge >= 0.3 is 0 Å². The number of hydrogen-bond acceptors (Lipinski definition) is 9. The van der Waals surface area contributed by atoms with Gasteiger partial charge in [-0.1, -0.05) is 0 Å². The third kappa shape index (κ3) is 4.50. The third-order valence-corrected chi connectivity index (χ3v) is 7.47. The van der Waals surface area contributed by atoms with Crippen LogP contribution in [0.3, 0.4) is 0 Å². The van der Waals surface area contributed by atoms with Crippen molar-refractivity contribution in [2.24, 2.45) is 11.7 Å². The number of aromatic nitrogens is 5. The maximum Gasteiger partial charge on any atom is 0.231 e. The monoisotopic (exact) mass is 489 g/mol. The quantitative estimate of drug-likeness (QED) is 0.457. The first-order valence-electron chi connectivity index (χ1n) is 10.8. The average molecular weight is 490 g/mol. The maximum absolute atomic E-state index is 12.9. The molecule has 5 N–H and O–H groups in total. The Morgan fingerprint density at radius 3 is 2.76 bits per heavy atom. The Morgan fingerprint density at radius 2 is 2.00 bits per heavy atom. The minimum absolute atomic E-state index is 0.00126. The van der Waals surface area contributed by atoms with E-state index in [1.807, 2.05) is 9.47 Å². The molecule has 11 nitrogen and oxygen atoms in total. The molecule has 0 bridgehead atoms. The van der Waals surface area contributed by atoms with E-state index in [0.29, 0.717) is 22.8 Å². The van der Waals surface area contributed by atoms with Crippen molar-refractivity contribution in [3.8, 4) is 0 Å². The van der Waals surface area contributed by atoms with Gasteiger partial charge in [0.25, 0.3) is 0 Å². The van der Waals surface area contributed by atoms with E-state index in [0.717, 1.165) is 49.2 Å². The van der Waals surface area contributed by atoms with Gasteiger partial charge < -0.3 is 21.4 Å². The normalized spacial score (nSPS) is 21.1. The zero-order valence-electron chi connectivity index (χ0n) is 17.8. The summed E-state index contributed by atoms with van der Waals surface area (Å²) >= 11 is 7.45. The van der Waals surface area contributed by atoms with Crippen molar-refractivity contribution >= 4 is 56.9 Å². The summed E-state index contributed by atoms with van der Waals surface area (Å²) in [5.41, 5.74) is 13.4. The molecule has 1 fully saturated rings. The summed E-state index contributed by atoms with van der Waals surface area (Å²) in [5, 5.41) is 3.72. The molecule has 1 saturated carbocycles. The van der Waals surface area contributed by atoms with E-state index in [4.69, 9.17) is 23.1 Å². The highest BCUT2D eigenvalue weighted by Crippen LogP contribution is 2.36. The Labute approximate surface area is 198 Å². The van der Waals surface area contributed by atoms with Gasteiger partial charge in [-0.3, -0.25) is 14.5 Å². The van der Waals surface area contributed by atoms with Crippen molar-refractivity contribution in [3.63, 3.8) is 0 Å². The van der Waals surface area contributed by atoms with E-state index < -0.39 is 0 Å². The van der Waals surface area contributed by atoms with Gasteiger partial charge in [-0.2, -0.15) is 9.97 Å². The van der Waals surface area contributed by atoms with Crippen LogP contribution in [0.1, 0.15) is 42.3 Å². The molecular weight excluding hydrogens is 466 g/mol. The van der Waals surface area contributed by atoms with Crippen molar-refractivity contribution in [2.75, 3.05) is 24.1 Å². The predicted molar refractivity (Wildman–Crippen MR) is 125 cm³/mol. The van der Waals surface area contributed by atoms with Gasteiger partial charge in [0.2, 0.25) is 17.1 Å². The van der Waals surface area contributed by atoms with Gasteiger partial charge in [-0.15, -0.1) is 11.3 Å². The summed E-state index contributed by atoms with van der Waals surface area (Å²) in [6.07, 6.45) is 5.61. The van der Waals surface area contributed by atoms with Crippen LogP contribution in [0.5, 0.6) is 0 Å². The number of carbonyl (C=O) groups is 2. The first-order chi connectivity index (χ1) is 15.9. The van der Waals surface area contributed by atoms with Crippen LogP contribution in [0.25, 0.3) is 11.2 Å². The molecule has 174 valence electrons. The van der Waals surface area contributed by atoms with Crippen LogP contribution in [-0.4, -0.2) is 54.3 Å². The van der Waals surface area contributed by atoms with Gasteiger partial charge in [0.15, 0.2) is 16.6 Å². The number of rotatable bonds is 5. The van der Waals surface area contributed by atoms with E-state index in [1.165, 1.54) is 11.3 Å². The fourth-order valence-electron chi connectivity index (χ4n) is 4.66. The van der Waals surface area contributed by atoms with Crippen LogP contribution in [0, 0.1) is 5.92 Å². The summed E-state index contributed by atoms with van der Waals surface area (Å²) in [6.45, 7) is 1.61. The number of hydrogen-bond donors (Lipinski definition) is 3. The second-order valence-corrected chi connectivity index (χ2v) is 9.93. The summed E-state index contributed by atoms with van der Waals surface area (Å²) < 4.78 is 1.99. The Bertz CT molecular complexity index is 1220. The average Bonchev–Trinajstić information content (AvgIpc) is 3.36. The number of thiazole rings is 1. The molecule has 0 unspecified atom stereocenters. The molecule has 2 amide bonds. The highest BCUT2D eigenvalue weighted by molar-refractivity contribution is 7.15. The minimum Gasteiger partial charge on any atom is -0.382 e. The van der Waals surface area contributed by atoms with E-state index in [-0.39, 0.29) is 41.4 Å². The minimum atomic E-state index is -0.338. The number of anilines is 2. The SMILES string of the molecule is NC(=O)CN1CCc2nc(NC(=O)[C@H]3CC[C@@H](n4cnc5c(N)nc(Cl)nc54)CC3)sc2C1. The van der Waals surface area contributed by atoms with Crippen molar-refractivity contribution in [3.05, 3.63) is 22.2 Å². The molecule has 5 rings (SSSR count). The Hall–Kier alpha value is -2.83. The molecule has 1 aliphatic heterocycles. The number of fused-ring (bicyclic) bond motifs is 2. The van der Waals surface area contributed by atoms with Gasteiger partial charge in [0.05, 0.1) is 18.6 Å². The smallest absolute Gasteiger partial charge is 0.231 e. The molecule has 13 heteroatoms. The number of nitrogen functional groups attached to an aromatic ring is 1.